The Labute approximate surface area is 172 Å². The van der Waals surface area contributed by atoms with Gasteiger partial charge in [-0.3, -0.25) is 0 Å². The molecule has 0 aliphatic rings. The molecule has 3 rings (SSSR count). The van der Waals surface area contributed by atoms with E-state index in [9.17, 15) is 9.90 Å². The second-order valence-corrected chi connectivity index (χ2v) is 8.31. The molecule has 0 fully saturated rings. The van der Waals surface area contributed by atoms with Crippen LogP contribution in [0.1, 0.15) is 23.0 Å². The number of thioether (sulfide) groups is 1. The number of hydrogen-bond acceptors (Lipinski definition) is 4. The lowest BCUT2D eigenvalue weighted by atomic mass is 10.1. The van der Waals surface area contributed by atoms with Gasteiger partial charge < -0.3 is 14.4 Å². The van der Waals surface area contributed by atoms with Gasteiger partial charge in [-0.2, -0.15) is 0 Å². The normalized spacial score (nSPS) is 11.1. The molecular weight excluding hydrogens is 482 g/mol. The lowest BCUT2D eigenvalue weighted by molar-refractivity contribution is 0.0527. The van der Waals surface area contributed by atoms with Crippen LogP contribution in [0.15, 0.2) is 50.2 Å². The molecule has 4 nitrogen and oxygen atoms in total. The zero-order valence-corrected chi connectivity index (χ0v) is 18.2. The molecule has 0 atom stereocenters. The highest BCUT2D eigenvalue weighted by atomic mass is 79.9. The molecule has 26 heavy (non-hydrogen) atoms. The maximum atomic E-state index is 12.7. The molecule has 3 aromatic rings. The highest BCUT2D eigenvalue weighted by molar-refractivity contribution is 9.11. The van der Waals surface area contributed by atoms with Gasteiger partial charge in [-0.15, -0.1) is 11.8 Å². The van der Waals surface area contributed by atoms with Crippen LogP contribution < -0.4 is 0 Å². The summed E-state index contributed by atoms with van der Waals surface area (Å²) < 4.78 is 8.32. The molecule has 0 saturated heterocycles. The summed E-state index contributed by atoms with van der Waals surface area (Å²) in [6.07, 6.45) is 0. The molecule has 0 aliphatic heterocycles. The molecule has 0 bridgehead atoms. The first-order valence-corrected chi connectivity index (χ1v) is 10.6. The summed E-state index contributed by atoms with van der Waals surface area (Å²) in [4.78, 5) is 13.8. The van der Waals surface area contributed by atoms with E-state index in [2.05, 4.69) is 31.9 Å². The highest BCUT2D eigenvalue weighted by Gasteiger charge is 2.26. The summed E-state index contributed by atoms with van der Waals surface area (Å²) in [5.74, 6) is 0.286. The van der Waals surface area contributed by atoms with Crippen molar-refractivity contribution >= 4 is 60.5 Å². The zero-order valence-electron chi connectivity index (χ0n) is 14.3. The molecule has 136 valence electrons. The quantitative estimate of drug-likeness (QED) is 0.352. The summed E-state index contributed by atoms with van der Waals surface area (Å²) in [6.45, 7) is 2.07. The lowest BCUT2D eigenvalue weighted by Crippen LogP contribution is -2.08. The van der Waals surface area contributed by atoms with Crippen LogP contribution in [0.4, 0.5) is 0 Å². The average molecular weight is 499 g/mol. The van der Waals surface area contributed by atoms with Crippen molar-refractivity contribution < 1.29 is 14.6 Å². The van der Waals surface area contributed by atoms with Crippen LogP contribution in [0.25, 0.3) is 10.9 Å². The second-order valence-electron chi connectivity index (χ2n) is 5.62. The van der Waals surface area contributed by atoms with Crippen molar-refractivity contribution in [2.45, 2.75) is 17.6 Å². The van der Waals surface area contributed by atoms with Gasteiger partial charge in [0.1, 0.15) is 5.75 Å². The minimum absolute atomic E-state index is 0.0657. The van der Waals surface area contributed by atoms with Crippen LogP contribution >= 0.6 is 43.6 Å². The Morgan fingerprint density at radius 2 is 1.96 bits per heavy atom. The van der Waals surface area contributed by atoms with Crippen LogP contribution in [0.5, 0.6) is 5.75 Å². The third-order valence-corrected chi connectivity index (χ3v) is 6.48. The van der Waals surface area contributed by atoms with Gasteiger partial charge >= 0.3 is 5.97 Å². The molecule has 2 aromatic carbocycles. The van der Waals surface area contributed by atoms with E-state index in [1.807, 2.05) is 48.0 Å². The zero-order chi connectivity index (χ0) is 18.8. The molecule has 0 saturated carbocycles. The summed E-state index contributed by atoms with van der Waals surface area (Å²) in [5.41, 5.74) is 2.18. The second kappa shape index (κ2) is 8.06. The third kappa shape index (κ3) is 3.52. The van der Waals surface area contributed by atoms with E-state index in [4.69, 9.17) is 4.74 Å². The van der Waals surface area contributed by atoms with Crippen LogP contribution in [-0.2, 0) is 17.5 Å². The SMILES string of the molecule is CCOC(=O)c1c(CSc2ccccc2)n(C)c2cc(Br)c(O)c(Br)c12. The largest absolute Gasteiger partial charge is 0.506 e. The number of rotatable bonds is 5. The van der Waals surface area contributed by atoms with Crippen LogP contribution in [0, 0.1) is 0 Å². The van der Waals surface area contributed by atoms with Crippen LogP contribution in [0.2, 0.25) is 0 Å². The van der Waals surface area contributed by atoms with Gasteiger partial charge in [-0.25, -0.2) is 4.79 Å². The number of hydrogen-bond donors (Lipinski definition) is 1. The van der Waals surface area contributed by atoms with E-state index < -0.39 is 0 Å². The number of carbonyl (C=O) groups is 1. The fourth-order valence-electron chi connectivity index (χ4n) is 2.82. The van der Waals surface area contributed by atoms with E-state index in [-0.39, 0.29) is 11.7 Å². The molecule has 0 spiro atoms. The van der Waals surface area contributed by atoms with Crippen molar-refractivity contribution in [2.24, 2.45) is 7.05 Å². The minimum atomic E-state index is -0.385. The maximum absolute atomic E-state index is 12.7. The van der Waals surface area contributed by atoms with Crippen molar-refractivity contribution in [2.75, 3.05) is 6.61 Å². The highest BCUT2D eigenvalue weighted by Crippen LogP contribution is 2.43. The number of aryl methyl sites for hydroxylation is 1. The van der Waals surface area contributed by atoms with Gasteiger partial charge in [-0.05, 0) is 57.0 Å². The maximum Gasteiger partial charge on any atom is 0.340 e. The van der Waals surface area contributed by atoms with Crippen LogP contribution in [0.3, 0.4) is 0 Å². The van der Waals surface area contributed by atoms with Crippen LogP contribution in [-0.4, -0.2) is 22.2 Å². The van der Waals surface area contributed by atoms with Crippen molar-refractivity contribution in [3.63, 3.8) is 0 Å². The van der Waals surface area contributed by atoms with Gasteiger partial charge in [0.25, 0.3) is 0 Å². The molecule has 7 heteroatoms. The number of carbonyl (C=O) groups excluding carboxylic acids is 1. The number of phenols is 1. The first-order valence-electron chi connectivity index (χ1n) is 7.98. The van der Waals surface area contributed by atoms with Gasteiger partial charge in [0.05, 0.1) is 26.6 Å². The molecule has 1 heterocycles. The number of halogens is 2. The summed E-state index contributed by atoms with van der Waals surface area (Å²) in [7, 11) is 1.92. The van der Waals surface area contributed by atoms with E-state index >= 15 is 0 Å². The van der Waals surface area contributed by atoms with E-state index in [0.29, 0.717) is 32.3 Å². The molecule has 0 aliphatic carbocycles. The molecule has 0 amide bonds. The molecule has 0 unspecified atom stereocenters. The Balaban J connectivity index is 2.17. The molecule has 1 aromatic heterocycles. The number of aromatic hydroxyl groups is 1. The third-order valence-electron chi connectivity index (χ3n) is 4.08. The smallest absolute Gasteiger partial charge is 0.340 e. The summed E-state index contributed by atoms with van der Waals surface area (Å²) >= 11 is 8.45. The summed E-state index contributed by atoms with van der Waals surface area (Å²) in [6, 6.07) is 11.8. The predicted molar refractivity (Wildman–Crippen MR) is 112 cm³/mol. The molecule has 1 N–H and O–H groups in total. The Bertz CT molecular complexity index is 970. The Morgan fingerprint density at radius 3 is 2.62 bits per heavy atom. The number of ether oxygens (including phenoxy) is 1. The van der Waals surface area contributed by atoms with Crippen molar-refractivity contribution in [3.8, 4) is 5.75 Å². The first kappa shape index (κ1) is 19.3. The average Bonchev–Trinajstić information content (AvgIpc) is 2.91. The molecular formula is C19H17Br2NO3S. The van der Waals surface area contributed by atoms with Gasteiger partial charge in [0.15, 0.2) is 0 Å². The van der Waals surface area contributed by atoms with E-state index in [1.165, 1.54) is 0 Å². The van der Waals surface area contributed by atoms with Crippen molar-refractivity contribution in [1.29, 1.82) is 0 Å². The van der Waals surface area contributed by atoms with Gasteiger partial charge in [-0.1, -0.05) is 18.2 Å². The fraction of sp³-hybridized carbons (Fsp3) is 0.211. The lowest BCUT2D eigenvalue weighted by Gasteiger charge is -2.08. The molecule has 0 radical (unpaired) electrons. The number of fused-ring (bicyclic) bond motifs is 1. The number of aromatic nitrogens is 1. The van der Waals surface area contributed by atoms with Gasteiger partial charge in [0.2, 0.25) is 0 Å². The van der Waals surface area contributed by atoms with Crippen molar-refractivity contribution in [3.05, 3.63) is 56.6 Å². The standard InChI is InChI=1S/C19H17Br2NO3S/c1-3-25-19(24)16-14(10-26-11-7-5-4-6-8-11)22(2)13-9-12(20)18(23)17(21)15(13)16/h4-9,23H,3,10H2,1-2H3. The Kier molecular flexibility index (Phi) is 5.99. The fourth-order valence-corrected chi connectivity index (χ4v) is 5.10. The Morgan fingerprint density at radius 1 is 1.27 bits per heavy atom. The number of esters is 1. The van der Waals surface area contributed by atoms with Crippen molar-refractivity contribution in [1.82, 2.24) is 4.57 Å². The predicted octanol–water partition coefficient (Wildman–Crippen LogP) is 5.88. The number of nitrogens with zero attached hydrogens (tertiary/aromatic N) is 1. The van der Waals surface area contributed by atoms with E-state index in [1.54, 1.807) is 18.7 Å². The number of benzene rings is 2. The number of phenolic OH excluding ortho intramolecular Hbond substituents is 1. The summed E-state index contributed by atoms with van der Waals surface area (Å²) in [5, 5.41) is 11.0. The van der Waals surface area contributed by atoms with Gasteiger partial charge in [0, 0.05) is 28.8 Å². The Hall–Kier alpha value is -1.44. The topological polar surface area (TPSA) is 51.5 Å². The monoisotopic (exact) mass is 497 g/mol. The minimum Gasteiger partial charge on any atom is -0.506 e. The van der Waals surface area contributed by atoms with E-state index in [0.717, 1.165) is 16.1 Å². The first-order chi connectivity index (χ1) is 12.5.